The third kappa shape index (κ3) is 3.45. The predicted molar refractivity (Wildman–Crippen MR) is 116 cm³/mol. The average molecular weight is 383 g/mol. The number of rotatable bonds is 7. The Balaban J connectivity index is 2.04. The van der Waals surface area contributed by atoms with Gasteiger partial charge in [0.2, 0.25) is 0 Å². The third-order valence-electron chi connectivity index (χ3n) is 5.43. The van der Waals surface area contributed by atoms with Crippen molar-refractivity contribution in [2.24, 2.45) is 0 Å². The van der Waals surface area contributed by atoms with Crippen molar-refractivity contribution in [1.82, 2.24) is 4.57 Å². The Bertz CT molecular complexity index is 998. The maximum absolute atomic E-state index is 9.42. The van der Waals surface area contributed by atoms with E-state index in [1.54, 1.807) is 7.11 Å². The van der Waals surface area contributed by atoms with Gasteiger partial charge in [0.1, 0.15) is 11.3 Å². The zero-order valence-electron chi connectivity index (χ0n) is 16.5. The first-order valence-corrected chi connectivity index (χ1v) is 9.83. The van der Waals surface area contributed by atoms with Crippen LogP contribution in [-0.4, -0.2) is 23.4 Å². The molecule has 0 fully saturated rings. The molecule has 0 aliphatic heterocycles. The molecule has 3 heteroatoms. The molecular formula is C26H25NO2. The van der Waals surface area contributed by atoms with Crippen LogP contribution in [0.5, 0.6) is 5.75 Å². The number of aliphatic hydroxyl groups is 1. The minimum atomic E-state index is -0.539. The van der Waals surface area contributed by atoms with Crippen molar-refractivity contribution in [3.63, 3.8) is 0 Å². The molecular weight excluding hydrogens is 358 g/mol. The SMILES string of the molecule is COc1ccc(C(c2ccccc2)(c2ccccc2)n2ccc(CCO)c2)cc1. The predicted octanol–water partition coefficient (Wildman–Crippen LogP) is 4.87. The fourth-order valence-electron chi connectivity index (χ4n) is 4.06. The summed E-state index contributed by atoms with van der Waals surface area (Å²) in [6.07, 6.45) is 4.88. The van der Waals surface area contributed by atoms with E-state index in [1.165, 1.54) is 11.1 Å². The van der Waals surface area contributed by atoms with Gasteiger partial charge in [0.25, 0.3) is 0 Å². The standard InChI is InChI=1S/C26H25NO2/c1-29-25-14-12-24(13-15-25)26(22-8-4-2-5-9-22,23-10-6-3-7-11-23)27-18-16-21(20-27)17-19-28/h2-16,18,20,28H,17,19H2,1H3. The van der Waals surface area contributed by atoms with Gasteiger partial charge in [-0.1, -0.05) is 72.8 Å². The van der Waals surface area contributed by atoms with Gasteiger partial charge in [-0.15, -0.1) is 0 Å². The fraction of sp³-hybridized carbons (Fsp3) is 0.154. The molecule has 0 unspecified atom stereocenters. The molecule has 1 aromatic heterocycles. The lowest BCUT2D eigenvalue weighted by Crippen LogP contribution is -2.36. The molecule has 1 heterocycles. The van der Waals surface area contributed by atoms with E-state index < -0.39 is 5.54 Å². The molecule has 4 aromatic rings. The van der Waals surface area contributed by atoms with Crippen LogP contribution in [0.4, 0.5) is 0 Å². The van der Waals surface area contributed by atoms with Crippen LogP contribution in [0.2, 0.25) is 0 Å². The highest BCUT2D eigenvalue weighted by molar-refractivity contribution is 5.52. The summed E-state index contributed by atoms with van der Waals surface area (Å²) in [5.41, 5.74) is 4.05. The number of benzene rings is 3. The lowest BCUT2D eigenvalue weighted by molar-refractivity contribution is 0.299. The molecule has 0 radical (unpaired) electrons. The Labute approximate surface area is 171 Å². The summed E-state index contributed by atoms with van der Waals surface area (Å²) >= 11 is 0. The molecule has 1 N–H and O–H groups in total. The first-order valence-electron chi connectivity index (χ1n) is 9.83. The van der Waals surface area contributed by atoms with E-state index in [-0.39, 0.29) is 6.61 Å². The summed E-state index contributed by atoms with van der Waals surface area (Å²) in [6.45, 7) is 0.135. The maximum Gasteiger partial charge on any atom is 0.120 e. The first-order chi connectivity index (χ1) is 14.3. The first kappa shape index (κ1) is 19.0. The summed E-state index contributed by atoms with van der Waals surface area (Å²) in [5, 5.41) is 9.42. The molecule has 0 saturated heterocycles. The lowest BCUT2D eigenvalue weighted by Gasteiger charge is -2.38. The van der Waals surface area contributed by atoms with Gasteiger partial charge in [-0.2, -0.15) is 0 Å². The summed E-state index contributed by atoms with van der Waals surface area (Å²) in [7, 11) is 1.68. The zero-order valence-corrected chi connectivity index (χ0v) is 16.5. The molecule has 0 aliphatic carbocycles. The van der Waals surface area contributed by atoms with Crippen LogP contribution in [-0.2, 0) is 12.0 Å². The van der Waals surface area contributed by atoms with E-state index in [4.69, 9.17) is 4.74 Å². The smallest absolute Gasteiger partial charge is 0.120 e. The quantitative estimate of drug-likeness (QED) is 0.462. The molecule has 0 atom stereocenters. The van der Waals surface area contributed by atoms with E-state index in [0.717, 1.165) is 16.9 Å². The van der Waals surface area contributed by atoms with Gasteiger partial charge >= 0.3 is 0 Å². The number of ether oxygens (including phenoxy) is 1. The maximum atomic E-state index is 9.42. The van der Waals surface area contributed by atoms with Crippen LogP contribution in [0.25, 0.3) is 0 Å². The number of hydrogen-bond donors (Lipinski definition) is 1. The van der Waals surface area contributed by atoms with Gasteiger partial charge in [-0.05, 0) is 46.9 Å². The van der Waals surface area contributed by atoms with Gasteiger partial charge < -0.3 is 14.4 Å². The zero-order chi connectivity index (χ0) is 20.1. The number of aromatic nitrogens is 1. The molecule has 0 aliphatic rings. The second kappa shape index (κ2) is 8.38. The minimum absolute atomic E-state index is 0.135. The van der Waals surface area contributed by atoms with E-state index in [1.807, 2.05) is 24.3 Å². The fourth-order valence-corrected chi connectivity index (χ4v) is 4.06. The van der Waals surface area contributed by atoms with Crippen molar-refractivity contribution < 1.29 is 9.84 Å². The molecule has 29 heavy (non-hydrogen) atoms. The van der Waals surface area contributed by atoms with E-state index in [9.17, 15) is 5.11 Å². The van der Waals surface area contributed by atoms with Crippen molar-refractivity contribution >= 4 is 0 Å². The highest BCUT2D eigenvalue weighted by atomic mass is 16.5. The number of hydrogen-bond acceptors (Lipinski definition) is 2. The second-order valence-electron chi connectivity index (χ2n) is 7.07. The van der Waals surface area contributed by atoms with Gasteiger partial charge in [0.15, 0.2) is 0 Å². The number of aliphatic hydroxyl groups excluding tert-OH is 1. The molecule has 4 rings (SSSR count). The van der Waals surface area contributed by atoms with Crippen molar-refractivity contribution in [3.05, 3.63) is 126 Å². The Morgan fingerprint density at radius 3 is 1.83 bits per heavy atom. The van der Waals surface area contributed by atoms with Gasteiger partial charge in [0.05, 0.1) is 7.11 Å². The van der Waals surface area contributed by atoms with Crippen molar-refractivity contribution in [2.45, 2.75) is 12.0 Å². The van der Waals surface area contributed by atoms with Crippen molar-refractivity contribution in [3.8, 4) is 5.75 Å². The number of methoxy groups -OCH3 is 1. The van der Waals surface area contributed by atoms with E-state index in [2.05, 4.69) is 83.7 Å². The van der Waals surface area contributed by atoms with Crippen LogP contribution in [0.1, 0.15) is 22.3 Å². The van der Waals surface area contributed by atoms with E-state index >= 15 is 0 Å². The highest BCUT2D eigenvalue weighted by Gasteiger charge is 2.38. The average Bonchev–Trinajstić information content (AvgIpc) is 3.25. The van der Waals surface area contributed by atoms with Crippen LogP contribution in [0, 0.1) is 0 Å². The highest BCUT2D eigenvalue weighted by Crippen LogP contribution is 2.41. The monoisotopic (exact) mass is 383 g/mol. The molecule has 3 nitrogen and oxygen atoms in total. The Hall–Kier alpha value is -3.30. The molecule has 0 saturated carbocycles. The molecule has 0 spiro atoms. The Morgan fingerprint density at radius 1 is 0.759 bits per heavy atom. The van der Waals surface area contributed by atoms with Gasteiger partial charge in [-0.25, -0.2) is 0 Å². The lowest BCUT2D eigenvalue weighted by atomic mass is 9.76. The van der Waals surface area contributed by atoms with Crippen LogP contribution in [0.15, 0.2) is 103 Å². The van der Waals surface area contributed by atoms with Crippen LogP contribution in [0.3, 0.4) is 0 Å². The van der Waals surface area contributed by atoms with Gasteiger partial charge in [0, 0.05) is 19.0 Å². The van der Waals surface area contributed by atoms with Crippen molar-refractivity contribution in [1.29, 1.82) is 0 Å². The molecule has 0 amide bonds. The largest absolute Gasteiger partial charge is 0.497 e. The third-order valence-corrected chi connectivity index (χ3v) is 5.43. The van der Waals surface area contributed by atoms with Crippen LogP contribution < -0.4 is 4.74 Å². The molecule has 146 valence electrons. The summed E-state index contributed by atoms with van der Waals surface area (Å²) < 4.78 is 7.65. The van der Waals surface area contributed by atoms with Crippen molar-refractivity contribution in [2.75, 3.05) is 13.7 Å². The topological polar surface area (TPSA) is 34.4 Å². The Morgan fingerprint density at radius 2 is 1.31 bits per heavy atom. The van der Waals surface area contributed by atoms with Crippen LogP contribution >= 0.6 is 0 Å². The molecule has 3 aromatic carbocycles. The summed E-state index contributed by atoms with van der Waals surface area (Å²) in [5.74, 6) is 0.831. The summed E-state index contributed by atoms with van der Waals surface area (Å²) in [6, 6.07) is 31.4. The summed E-state index contributed by atoms with van der Waals surface area (Å²) in [4.78, 5) is 0. The Kier molecular flexibility index (Phi) is 5.50. The second-order valence-corrected chi connectivity index (χ2v) is 7.07. The number of nitrogens with zero attached hydrogens (tertiary/aromatic N) is 1. The molecule has 0 bridgehead atoms. The normalized spacial score (nSPS) is 11.4. The van der Waals surface area contributed by atoms with Gasteiger partial charge in [-0.3, -0.25) is 0 Å². The minimum Gasteiger partial charge on any atom is -0.497 e. The van der Waals surface area contributed by atoms with E-state index in [0.29, 0.717) is 6.42 Å².